The summed E-state index contributed by atoms with van der Waals surface area (Å²) in [6.45, 7) is 3.44. The Hall–Kier alpha value is -1.22. The largest absolute Gasteiger partial charge is 0.398 e. The van der Waals surface area contributed by atoms with Gasteiger partial charge in [0.1, 0.15) is 0 Å². The number of aliphatic hydroxyl groups is 1. The molecule has 1 aromatic rings. The Morgan fingerprint density at radius 2 is 2.29 bits per heavy atom. The first-order chi connectivity index (χ1) is 8.22. The number of benzene rings is 1. The second-order valence-corrected chi connectivity index (χ2v) is 4.90. The summed E-state index contributed by atoms with van der Waals surface area (Å²) in [5, 5.41) is 8.93. The van der Waals surface area contributed by atoms with Crippen LogP contribution >= 0.6 is 0 Å². The van der Waals surface area contributed by atoms with Crippen molar-refractivity contribution in [2.45, 2.75) is 38.6 Å². The van der Waals surface area contributed by atoms with Gasteiger partial charge in [0.15, 0.2) is 0 Å². The van der Waals surface area contributed by atoms with E-state index in [1.165, 1.54) is 18.5 Å². The molecule has 1 aromatic carbocycles. The van der Waals surface area contributed by atoms with E-state index < -0.39 is 0 Å². The van der Waals surface area contributed by atoms with Crippen molar-refractivity contribution < 1.29 is 5.11 Å². The van der Waals surface area contributed by atoms with Gasteiger partial charge in [-0.3, -0.25) is 0 Å². The molecule has 17 heavy (non-hydrogen) atoms. The Kier molecular flexibility index (Phi) is 3.89. The molecule has 94 valence electrons. The quantitative estimate of drug-likeness (QED) is 0.786. The van der Waals surface area contributed by atoms with Crippen LogP contribution in [0.1, 0.15) is 31.2 Å². The topological polar surface area (TPSA) is 49.5 Å². The molecule has 0 radical (unpaired) electrons. The average molecular weight is 234 g/mol. The first-order valence-corrected chi connectivity index (χ1v) is 6.46. The van der Waals surface area contributed by atoms with Crippen LogP contribution in [0.2, 0.25) is 0 Å². The summed E-state index contributed by atoms with van der Waals surface area (Å²) < 4.78 is 0. The minimum absolute atomic E-state index is 0.292. The lowest BCUT2D eigenvalue weighted by atomic mass is 10.1. The van der Waals surface area contributed by atoms with Gasteiger partial charge in [0.05, 0.1) is 0 Å². The summed E-state index contributed by atoms with van der Waals surface area (Å²) in [5.74, 6) is 0. The van der Waals surface area contributed by atoms with Crippen LogP contribution in [0.4, 0.5) is 11.4 Å². The van der Waals surface area contributed by atoms with Crippen molar-refractivity contribution in [1.82, 2.24) is 0 Å². The molecule has 1 fully saturated rings. The SMILES string of the molecule is Cc1ccc(N2CCCC2CCCO)cc1N. The van der Waals surface area contributed by atoms with E-state index in [1.54, 1.807) is 0 Å². The lowest BCUT2D eigenvalue weighted by Gasteiger charge is -2.27. The molecule has 0 saturated carbocycles. The predicted octanol–water partition coefficient (Wildman–Crippen LogP) is 2.32. The highest BCUT2D eigenvalue weighted by Gasteiger charge is 2.24. The second kappa shape index (κ2) is 5.41. The van der Waals surface area contributed by atoms with Crippen LogP contribution < -0.4 is 10.6 Å². The molecular weight excluding hydrogens is 212 g/mol. The highest BCUT2D eigenvalue weighted by atomic mass is 16.2. The maximum atomic E-state index is 8.93. The molecule has 1 aliphatic heterocycles. The molecule has 1 saturated heterocycles. The summed E-state index contributed by atoms with van der Waals surface area (Å²) in [6, 6.07) is 6.89. The molecule has 2 rings (SSSR count). The fourth-order valence-corrected chi connectivity index (χ4v) is 2.61. The molecule has 0 spiro atoms. The summed E-state index contributed by atoms with van der Waals surface area (Å²) in [6.07, 6.45) is 4.43. The molecule has 1 atom stereocenters. The van der Waals surface area contributed by atoms with Gasteiger partial charge in [0, 0.05) is 30.6 Å². The smallest absolute Gasteiger partial charge is 0.0431 e. The Morgan fingerprint density at radius 1 is 1.47 bits per heavy atom. The Bertz CT molecular complexity index is 378. The molecule has 1 unspecified atom stereocenters. The van der Waals surface area contributed by atoms with Crippen molar-refractivity contribution in [3.63, 3.8) is 0 Å². The molecule has 3 N–H and O–H groups in total. The van der Waals surface area contributed by atoms with E-state index in [-0.39, 0.29) is 0 Å². The number of aryl methyl sites for hydroxylation is 1. The van der Waals surface area contributed by atoms with E-state index in [0.717, 1.165) is 30.6 Å². The average Bonchev–Trinajstić information content (AvgIpc) is 2.78. The summed E-state index contributed by atoms with van der Waals surface area (Å²) in [5.41, 5.74) is 9.21. The van der Waals surface area contributed by atoms with Crippen molar-refractivity contribution in [2.24, 2.45) is 0 Å². The number of aliphatic hydroxyl groups excluding tert-OH is 1. The fraction of sp³-hybridized carbons (Fsp3) is 0.571. The monoisotopic (exact) mass is 234 g/mol. The normalized spacial score (nSPS) is 19.9. The minimum atomic E-state index is 0.292. The lowest BCUT2D eigenvalue weighted by Crippen LogP contribution is -2.29. The fourth-order valence-electron chi connectivity index (χ4n) is 2.61. The second-order valence-electron chi connectivity index (χ2n) is 4.90. The third kappa shape index (κ3) is 2.72. The molecular formula is C14H22N2O. The Balaban J connectivity index is 2.11. The first-order valence-electron chi connectivity index (χ1n) is 6.46. The molecule has 0 bridgehead atoms. The van der Waals surface area contributed by atoms with Gasteiger partial charge in [-0.25, -0.2) is 0 Å². The van der Waals surface area contributed by atoms with Gasteiger partial charge < -0.3 is 15.7 Å². The highest BCUT2D eigenvalue weighted by molar-refractivity contribution is 5.60. The van der Waals surface area contributed by atoms with Crippen LogP contribution in [-0.2, 0) is 0 Å². The van der Waals surface area contributed by atoms with Crippen molar-refractivity contribution in [2.75, 3.05) is 23.8 Å². The molecule has 3 heteroatoms. The van der Waals surface area contributed by atoms with E-state index in [0.29, 0.717) is 12.6 Å². The van der Waals surface area contributed by atoms with Gasteiger partial charge in [0.2, 0.25) is 0 Å². The van der Waals surface area contributed by atoms with E-state index >= 15 is 0 Å². The van der Waals surface area contributed by atoms with Crippen molar-refractivity contribution in [3.8, 4) is 0 Å². The van der Waals surface area contributed by atoms with Crippen LogP contribution in [0.3, 0.4) is 0 Å². The van der Waals surface area contributed by atoms with Crippen molar-refractivity contribution in [1.29, 1.82) is 0 Å². The van der Waals surface area contributed by atoms with Crippen molar-refractivity contribution in [3.05, 3.63) is 23.8 Å². The molecule has 0 amide bonds. The van der Waals surface area contributed by atoms with Gasteiger partial charge in [-0.2, -0.15) is 0 Å². The van der Waals surface area contributed by atoms with Gasteiger partial charge >= 0.3 is 0 Å². The van der Waals surface area contributed by atoms with Crippen LogP contribution in [-0.4, -0.2) is 24.3 Å². The number of anilines is 2. The standard InChI is InChI=1S/C14H22N2O/c1-11-6-7-13(10-14(11)15)16-8-2-4-12(16)5-3-9-17/h6-7,10,12,17H,2-5,8-9,15H2,1H3. The highest BCUT2D eigenvalue weighted by Crippen LogP contribution is 2.30. The zero-order chi connectivity index (χ0) is 12.3. The summed E-state index contributed by atoms with van der Waals surface area (Å²) in [7, 11) is 0. The van der Waals surface area contributed by atoms with Crippen LogP contribution in [0, 0.1) is 6.92 Å². The Labute approximate surface area is 103 Å². The molecule has 0 aromatic heterocycles. The van der Waals surface area contributed by atoms with E-state index in [2.05, 4.69) is 23.1 Å². The van der Waals surface area contributed by atoms with Gasteiger partial charge in [-0.15, -0.1) is 0 Å². The zero-order valence-corrected chi connectivity index (χ0v) is 10.5. The van der Waals surface area contributed by atoms with E-state index in [4.69, 9.17) is 10.8 Å². The Morgan fingerprint density at radius 3 is 3.00 bits per heavy atom. The maximum Gasteiger partial charge on any atom is 0.0431 e. The number of nitrogens with two attached hydrogens (primary N) is 1. The van der Waals surface area contributed by atoms with Gasteiger partial charge in [-0.05, 0) is 50.3 Å². The molecule has 0 aliphatic carbocycles. The van der Waals surface area contributed by atoms with Crippen LogP contribution in [0.25, 0.3) is 0 Å². The van der Waals surface area contributed by atoms with Gasteiger partial charge in [0.25, 0.3) is 0 Å². The van der Waals surface area contributed by atoms with Crippen LogP contribution in [0.5, 0.6) is 0 Å². The number of rotatable bonds is 4. The van der Waals surface area contributed by atoms with Crippen LogP contribution in [0.15, 0.2) is 18.2 Å². The lowest BCUT2D eigenvalue weighted by molar-refractivity contribution is 0.279. The van der Waals surface area contributed by atoms with Gasteiger partial charge in [-0.1, -0.05) is 6.07 Å². The van der Waals surface area contributed by atoms with E-state index in [1.807, 2.05) is 6.92 Å². The van der Waals surface area contributed by atoms with Crippen molar-refractivity contribution >= 4 is 11.4 Å². The van der Waals surface area contributed by atoms with E-state index in [9.17, 15) is 0 Å². The zero-order valence-electron chi connectivity index (χ0n) is 10.5. The number of nitrogen functional groups attached to an aromatic ring is 1. The molecule has 1 heterocycles. The number of hydrogen-bond acceptors (Lipinski definition) is 3. The molecule has 1 aliphatic rings. The minimum Gasteiger partial charge on any atom is -0.398 e. The third-order valence-corrected chi connectivity index (χ3v) is 3.67. The summed E-state index contributed by atoms with van der Waals surface area (Å²) in [4.78, 5) is 2.44. The summed E-state index contributed by atoms with van der Waals surface area (Å²) >= 11 is 0. The number of hydrogen-bond donors (Lipinski definition) is 2. The third-order valence-electron chi connectivity index (χ3n) is 3.67. The maximum absolute atomic E-state index is 8.93. The first kappa shape index (κ1) is 12.2. The molecule has 3 nitrogen and oxygen atoms in total. The predicted molar refractivity (Wildman–Crippen MR) is 72.3 cm³/mol. The number of nitrogens with zero attached hydrogens (tertiary/aromatic N) is 1.